The molecule has 1 unspecified atom stereocenters. The minimum atomic E-state index is -4.63. The second-order valence-electron chi connectivity index (χ2n) is 5.91. The van der Waals surface area contributed by atoms with Crippen molar-refractivity contribution >= 4 is 16.1 Å². The molecule has 2 aromatic rings. The molecule has 146 valence electrons. The summed E-state index contributed by atoms with van der Waals surface area (Å²) in [5, 5.41) is 0. The maximum Gasteiger partial charge on any atom is 0.349 e. The van der Waals surface area contributed by atoms with Crippen molar-refractivity contribution in [3.63, 3.8) is 0 Å². The third-order valence-corrected chi connectivity index (χ3v) is 4.90. The van der Waals surface area contributed by atoms with Gasteiger partial charge in [-0.1, -0.05) is 26.0 Å². The normalized spacial score (nSPS) is 12.3. The van der Waals surface area contributed by atoms with Crippen molar-refractivity contribution in [1.29, 1.82) is 0 Å². The van der Waals surface area contributed by atoms with Crippen LogP contribution in [0.5, 0.6) is 17.2 Å². The van der Waals surface area contributed by atoms with Gasteiger partial charge in [0.25, 0.3) is 0 Å². The van der Waals surface area contributed by atoms with Crippen LogP contribution in [0.1, 0.15) is 31.7 Å². The van der Waals surface area contributed by atoms with Crippen molar-refractivity contribution in [3.05, 3.63) is 48.0 Å². The molecule has 0 aromatic heterocycles. The van der Waals surface area contributed by atoms with Crippen LogP contribution in [0.2, 0.25) is 0 Å². The molecule has 7 nitrogen and oxygen atoms in total. The molecule has 0 aliphatic rings. The van der Waals surface area contributed by atoms with Crippen LogP contribution in [0.25, 0.3) is 0 Å². The summed E-state index contributed by atoms with van der Waals surface area (Å²) in [7, 11) is -3.37. The van der Waals surface area contributed by atoms with Crippen molar-refractivity contribution < 1.29 is 32.0 Å². The first-order valence-electron chi connectivity index (χ1n) is 8.32. The van der Waals surface area contributed by atoms with Crippen LogP contribution in [-0.2, 0) is 14.9 Å². The van der Waals surface area contributed by atoms with Gasteiger partial charge in [0.15, 0.2) is 18.1 Å². The van der Waals surface area contributed by atoms with Gasteiger partial charge < -0.3 is 18.8 Å². The molecule has 8 heteroatoms. The van der Waals surface area contributed by atoms with Crippen LogP contribution >= 0.6 is 0 Å². The van der Waals surface area contributed by atoms with E-state index >= 15 is 0 Å². The van der Waals surface area contributed by atoms with Gasteiger partial charge in [-0.15, -0.1) is 0 Å². The van der Waals surface area contributed by atoms with Gasteiger partial charge in [0.1, 0.15) is 15.9 Å². The molecule has 0 amide bonds. The van der Waals surface area contributed by atoms with Gasteiger partial charge in [0, 0.05) is 6.07 Å². The fourth-order valence-electron chi connectivity index (χ4n) is 2.31. The Labute approximate surface area is 158 Å². The molecule has 0 heterocycles. The summed E-state index contributed by atoms with van der Waals surface area (Å²) in [6.07, 6.45) is 1.03. The lowest BCUT2D eigenvalue weighted by atomic mass is 9.99. The average Bonchev–Trinajstić information content (AvgIpc) is 2.65. The summed E-state index contributed by atoms with van der Waals surface area (Å²) in [4.78, 5) is 11.5. The third-order valence-electron chi connectivity index (χ3n) is 4.07. The molecule has 0 aliphatic carbocycles. The Hall–Kier alpha value is -2.58. The molecule has 27 heavy (non-hydrogen) atoms. The number of carbonyl (C=O) groups is 1. The van der Waals surface area contributed by atoms with Crippen molar-refractivity contribution in [2.45, 2.75) is 31.1 Å². The Bertz CT molecular complexity index is 889. The summed E-state index contributed by atoms with van der Waals surface area (Å²) < 4.78 is 48.6. The Morgan fingerprint density at radius 1 is 1.11 bits per heavy atom. The Balaban J connectivity index is 1.99. The molecule has 0 N–H and O–H groups in total. The Morgan fingerprint density at radius 2 is 1.78 bits per heavy atom. The quantitative estimate of drug-likeness (QED) is 0.386. The zero-order valence-corrected chi connectivity index (χ0v) is 16.1. The van der Waals surface area contributed by atoms with Crippen LogP contribution in [0.4, 0.5) is 0 Å². The first-order valence-corrected chi connectivity index (χ1v) is 9.72. The minimum Gasteiger partial charge on any atom is -0.744 e. The molecular formula is C19H21O7S-. The van der Waals surface area contributed by atoms with Gasteiger partial charge in [-0.25, -0.2) is 13.2 Å². The highest BCUT2D eigenvalue weighted by molar-refractivity contribution is 7.85. The van der Waals surface area contributed by atoms with E-state index in [1.54, 1.807) is 12.1 Å². The zero-order valence-electron chi connectivity index (χ0n) is 15.3. The predicted octanol–water partition coefficient (Wildman–Crippen LogP) is 3.10. The highest BCUT2D eigenvalue weighted by atomic mass is 32.2. The number of hydrogen-bond donors (Lipinski definition) is 0. The van der Waals surface area contributed by atoms with E-state index in [9.17, 15) is 17.8 Å². The van der Waals surface area contributed by atoms with Crippen molar-refractivity contribution in [2.24, 2.45) is 0 Å². The molecule has 0 saturated heterocycles. The predicted molar refractivity (Wildman–Crippen MR) is 97.2 cm³/mol. The molecule has 0 bridgehead atoms. The van der Waals surface area contributed by atoms with Gasteiger partial charge in [-0.2, -0.15) is 0 Å². The summed E-state index contributed by atoms with van der Waals surface area (Å²) in [6.45, 7) is 3.90. The number of ether oxygens (including phenoxy) is 3. The molecule has 1 atom stereocenters. The lowest BCUT2D eigenvalue weighted by Crippen LogP contribution is -2.18. The lowest BCUT2D eigenvalue weighted by Gasteiger charge is -2.13. The number of benzene rings is 2. The Kier molecular flexibility index (Phi) is 6.81. The molecule has 2 rings (SSSR count). The molecule has 0 radical (unpaired) electrons. The van der Waals surface area contributed by atoms with Crippen molar-refractivity contribution in [1.82, 2.24) is 0 Å². The number of carbonyl (C=O) groups excluding carboxylic acids is 1. The number of hydrogen-bond acceptors (Lipinski definition) is 7. The summed E-state index contributed by atoms with van der Waals surface area (Å²) in [5.41, 5.74) is 1.19. The van der Waals surface area contributed by atoms with Crippen LogP contribution < -0.4 is 14.2 Å². The SMILES string of the molecule is CCC(C)c1ccc(OCC(=O)Oc2ccc(S(=O)(=O)[O-])cc2OC)cc1. The largest absolute Gasteiger partial charge is 0.744 e. The first kappa shape index (κ1) is 20.7. The van der Waals surface area contributed by atoms with Crippen molar-refractivity contribution in [2.75, 3.05) is 13.7 Å². The second kappa shape index (κ2) is 8.88. The van der Waals surface area contributed by atoms with Crippen LogP contribution in [-0.4, -0.2) is 32.7 Å². The minimum absolute atomic E-state index is 0.00869. The highest BCUT2D eigenvalue weighted by Gasteiger charge is 2.14. The van der Waals surface area contributed by atoms with Crippen molar-refractivity contribution in [3.8, 4) is 17.2 Å². The highest BCUT2D eigenvalue weighted by Crippen LogP contribution is 2.30. The monoisotopic (exact) mass is 393 g/mol. The maximum atomic E-state index is 12.0. The third kappa shape index (κ3) is 5.70. The van der Waals surface area contributed by atoms with Gasteiger partial charge in [0.2, 0.25) is 0 Å². The van der Waals surface area contributed by atoms with E-state index in [0.717, 1.165) is 18.6 Å². The first-order chi connectivity index (χ1) is 12.7. The van der Waals surface area contributed by atoms with E-state index in [1.165, 1.54) is 18.7 Å². The van der Waals surface area contributed by atoms with Gasteiger partial charge in [0.05, 0.1) is 12.0 Å². The van der Waals surface area contributed by atoms with Crippen LogP contribution in [0.15, 0.2) is 47.4 Å². The Morgan fingerprint density at radius 3 is 2.33 bits per heavy atom. The lowest BCUT2D eigenvalue weighted by molar-refractivity contribution is -0.136. The average molecular weight is 393 g/mol. The topological polar surface area (TPSA) is 102 Å². The molecule has 0 spiro atoms. The molecule has 0 saturated carbocycles. The van der Waals surface area contributed by atoms with E-state index in [0.29, 0.717) is 11.7 Å². The van der Waals surface area contributed by atoms with E-state index in [2.05, 4.69) is 13.8 Å². The summed E-state index contributed by atoms with van der Waals surface area (Å²) in [6, 6.07) is 10.7. The van der Waals surface area contributed by atoms with E-state index in [4.69, 9.17) is 14.2 Å². The zero-order chi connectivity index (χ0) is 20.0. The fourth-order valence-corrected chi connectivity index (χ4v) is 2.80. The van der Waals surface area contributed by atoms with E-state index in [-0.39, 0.29) is 18.1 Å². The molecular weight excluding hydrogens is 372 g/mol. The smallest absolute Gasteiger partial charge is 0.349 e. The van der Waals surface area contributed by atoms with Gasteiger partial charge in [-0.3, -0.25) is 0 Å². The summed E-state index contributed by atoms with van der Waals surface area (Å²) in [5.74, 6) is 0.219. The molecule has 0 aliphatic heterocycles. The van der Waals surface area contributed by atoms with Gasteiger partial charge in [-0.05, 0) is 42.2 Å². The number of rotatable bonds is 8. The molecule has 0 fully saturated rings. The summed E-state index contributed by atoms with van der Waals surface area (Å²) >= 11 is 0. The van der Waals surface area contributed by atoms with Gasteiger partial charge >= 0.3 is 5.97 Å². The maximum absolute atomic E-state index is 12.0. The number of esters is 1. The van der Waals surface area contributed by atoms with E-state index in [1.807, 2.05) is 12.1 Å². The van der Waals surface area contributed by atoms with Crippen LogP contribution in [0, 0.1) is 0 Å². The standard InChI is InChI=1S/C19H22O7S/c1-4-13(2)14-5-7-15(8-6-14)25-12-19(20)26-17-10-9-16(27(21,22)23)11-18(17)24-3/h5-11,13H,4,12H2,1-3H3,(H,21,22,23)/p-1. The second-order valence-corrected chi connectivity index (χ2v) is 7.29. The van der Waals surface area contributed by atoms with Crippen LogP contribution in [0.3, 0.4) is 0 Å². The number of methoxy groups -OCH3 is 1. The van der Waals surface area contributed by atoms with E-state index < -0.39 is 21.0 Å². The molecule has 2 aromatic carbocycles. The fraction of sp³-hybridized carbons (Fsp3) is 0.316.